The molecule has 0 unspecified atom stereocenters. The van der Waals surface area contributed by atoms with Gasteiger partial charge in [-0.1, -0.05) is 28.1 Å². The summed E-state index contributed by atoms with van der Waals surface area (Å²) in [5, 5.41) is 3.34. The SMILES string of the molecule is O=C(Cc1ccc(Br)cc1)N1CCCCNCC1. The van der Waals surface area contributed by atoms with E-state index in [0.717, 1.165) is 49.1 Å². The molecule has 0 atom stereocenters. The monoisotopic (exact) mass is 310 g/mol. The van der Waals surface area contributed by atoms with Crippen molar-refractivity contribution < 1.29 is 4.79 Å². The number of nitrogens with one attached hydrogen (secondary N) is 1. The van der Waals surface area contributed by atoms with Crippen LogP contribution in [0.3, 0.4) is 0 Å². The van der Waals surface area contributed by atoms with Crippen LogP contribution in [0.15, 0.2) is 28.7 Å². The van der Waals surface area contributed by atoms with E-state index < -0.39 is 0 Å². The lowest BCUT2D eigenvalue weighted by molar-refractivity contribution is -0.130. The van der Waals surface area contributed by atoms with Crippen LogP contribution in [0, 0.1) is 0 Å². The highest BCUT2D eigenvalue weighted by molar-refractivity contribution is 9.10. The fourth-order valence-electron chi connectivity index (χ4n) is 2.14. The molecule has 1 aliphatic rings. The Morgan fingerprint density at radius 3 is 2.72 bits per heavy atom. The van der Waals surface area contributed by atoms with Crippen molar-refractivity contribution >= 4 is 21.8 Å². The molecule has 4 heteroatoms. The normalized spacial score (nSPS) is 17.1. The second-order valence-electron chi connectivity index (χ2n) is 4.64. The smallest absolute Gasteiger partial charge is 0.227 e. The molecule has 0 radical (unpaired) electrons. The molecule has 1 N–H and O–H groups in total. The van der Waals surface area contributed by atoms with Crippen molar-refractivity contribution in [1.29, 1.82) is 0 Å². The van der Waals surface area contributed by atoms with Gasteiger partial charge in [0.25, 0.3) is 0 Å². The van der Waals surface area contributed by atoms with Crippen LogP contribution in [0.2, 0.25) is 0 Å². The summed E-state index contributed by atoms with van der Waals surface area (Å²) in [4.78, 5) is 14.2. The first-order valence-electron chi connectivity index (χ1n) is 6.48. The average Bonchev–Trinajstić information content (AvgIpc) is 2.31. The quantitative estimate of drug-likeness (QED) is 0.908. The maximum Gasteiger partial charge on any atom is 0.227 e. The average molecular weight is 311 g/mol. The Labute approximate surface area is 117 Å². The Kier molecular flexibility index (Phi) is 5.20. The summed E-state index contributed by atoms with van der Waals surface area (Å²) in [6.45, 7) is 3.72. The molecular weight excluding hydrogens is 292 g/mol. The fraction of sp³-hybridized carbons (Fsp3) is 0.500. The molecule has 0 spiro atoms. The summed E-state index contributed by atoms with van der Waals surface area (Å²) in [5.74, 6) is 0.237. The Morgan fingerprint density at radius 1 is 1.17 bits per heavy atom. The predicted octanol–water partition coefficient (Wildman–Crippen LogP) is 2.20. The van der Waals surface area contributed by atoms with Crippen molar-refractivity contribution in [3.63, 3.8) is 0 Å². The van der Waals surface area contributed by atoms with Crippen molar-refractivity contribution in [2.45, 2.75) is 19.3 Å². The molecule has 18 heavy (non-hydrogen) atoms. The van der Waals surface area contributed by atoms with E-state index in [2.05, 4.69) is 21.2 Å². The van der Waals surface area contributed by atoms with Crippen LogP contribution in [0.5, 0.6) is 0 Å². The van der Waals surface area contributed by atoms with Crippen molar-refractivity contribution in [1.82, 2.24) is 10.2 Å². The second kappa shape index (κ2) is 6.90. The van der Waals surface area contributed by atoms with Crippen molar-refractivity contribution in [3.8, 4) is 0 Å². The molecule has 0 aliphatic carbocycles. The van der Waals surface area contributed by atoms with E-state index >= 15 is 0 Å². The Morgan fingerprint density at radius 2 is 1.94 bits per heavy atom. The van der Waals surface area contributed by atoms with Crippen molar-refractivity contribution in [2.24, 2.45) is 0 Å². The standard InChI is InChI=1S/C14H19BrN2O/c15-13-5-3-12(4-6-13)11-14(18)17-9-2-1-7-16-8-10-17/h3-6,16H,1-2,7-11H2. The van der Waals surface area contributed by atoms with E-state index in [1.165, 1.54) is 0 Å². The largest absolute Gasteiger partial charge is 0.341 e. The highest BCUT2D eigenvalue weighted by Crippen LogP contribution is 2.12. The highest BCUT2D eigenvalue weighted by Gasteiger charge is 2.14. The maximum atomic E-state index is 12.2. The lowest BCUT2D eigenvalue weighted by Gasteiger charge is -2.25. The molecule has 2 rings (SSSR count). The van der Waals surface area contributed by atoms with Crippen LogP contribution < -0.4 is 5.32 Å². The predicted molar refractivity (Wildman–Crippen MR) is 76.5 cm³/mol. The molecule has 1 saturated heterocycles. The van der Waals surface area contributed by atoms with E-state index in [1.807, 2.05) is 29.2 Å². The van der Waals surface area contributed by atoms with Crippen LogP contribution in [-0.4, -0.2) is 37.0 Å². The van der Waals surface area contributed by atoms with Gasteiger partial charge < -0.3 is 10.2 Å². The number of carbonyl (C=O) groups is 1. The van der Waals surface area contributed by atoms with E-state index in [-0.39, 0.29) is 5.91 Å². The first-order valence-corrected chi connectivity index (χ1v) is 7.28. The molecule has 1 aliphatic heterocycles. The Bertz CT molecular complexity index is 383. The molecule has 1 amide bonds. The summed E-state index contributed by atoms with van der Waals surface area (Å²) < 4.78 is 1.05. The summed E-state index contributed by atoms with van der Waals surface area (Å²) in [7, 11) is 0. The third kappa shape index (κ3) is 4.10. The van der Waals surface area contributed by atoms with Gasteiger partial charge in [-0.15, -0.1) is 0 Å². The third-order valence-corrected chi connectivity index (χ3v) is 3.74. The number of nitrogens with zero attached hydrogens (tertiary/aromatic N) is 1. The van der Waals surface area contributed by atoms with Crippen LogP contribution in [-0.2, 0) is 11.2 Å². The molecule has 3 nitrogen and oxygen atoms in total. The fourth-order valence-corrected chi connectivity index (χ4v) is 2.41. The molecule has 1 aromatic rings. The second-order valence-corrected chi connectivity index (χ2v) is 5.56. The molecule has 1 heterocycles. The van der Waals surface area contributed by atoms with Gasteiger partial charge in [0.05, 0.1) is 6.42 Å². The Balaban J connectivity index is 1.91. The number of carbonyl (C=O) groups excluding carboxylic acids is 1. The Hall–Kier alpha value is -0.870. The van der Waals surface area contributed by atoms with E-state index in [9.17, 15) is 4.79 Å². The summed E-state index contributed by atoms with van der Waals surface area (Å²) in [6, 6.07) is 7.98. The van der Waals surface area contributed by atoms with Crippen LogP contribution in [0.1, 0.15) is 18.4 Å². The number of amides is 1. The van der Waals surface area contributed by atoms with Gasteiger partial charge in [-0.25, -0.2) is 0 Å². The van der Waals surface area contributed by atoms with Crippen LogP contribution in [0.4, 0.5) is 0 Å². The minimum Gasteiger partial charge on any atom is -0.341 e. The lowest BCUT2D eigenvalue weighted by atomic mass is 10.1. The van der Waals surface area contributed by atoms with Gasteiger partial charge in [0, 0.05) is 24.1 Å². The van der Waals surface area contributed by atoms with Gasteiger partial charge in [0.1, 0.15) is 0 Å². The molecule has 1 aromatic carbocycles. The first-order chi connectivity index (χ1) is 8.75. The van der Waals surface area contributed by atoms with Gasteiger partial charge in [0.15, 0.2) is 0 Å². The van der Waals surface area contributed by atoms with Gasteiger partial charge >= 0.3 is 0 Å². The number of hydrogen-bond donors (Lipinski definition) is 1. The molecule has 0 saturated carbocycles. The van der Waals surface area contributed by atoms with Gasteiger partial charge in [0.2, 0.25) is 5.91 Å². The zero-order valence-electron chi connectivity index (χ0n) is 10.5. The topological polar surface area (TPSA) is 32.3 Å². The van der Waals surface area contributed by atoms with Crippen LogP contribution in [0.25, 0.3) is 0 Å². The molecular formula is C14H19BrN2O. The number of benzene rings is 1. The van der Waals surface area contributed by atoms with Gasteiger partial charge in [-0.3, -0.25) is 4.79 Å². The van der Waals surface area contributed by atoms with Gasteiger partial charge in [-0.2, -0.15) is 0 Å². The molecule has 0 aromatic heterocycles. The molecule has 1 fully saturated rings. The zero-order valence-corrected chi connectivity index (χ0v) is 12.1. The highest BCUT2D eigenvalue weighted by atomic mass is 79.9. The van der Waals surface area contributed by atoms with E-state index in [0.29, 0.717) is 6.42 Å². The maximum absolute atomic E-state index is 12.2. The van der Waals surface area contributed by atoms with E-state index in [4.69, 9.17) is 0 Å². The summed E-state index contributed by atoms with van der Waals surface area (Å²) in [6.07, 6.45) is 2.76. The summed E-state index contributed by atoms with van der Waals surface area (Å²) in [5.41, 5.74) is 1.08. The third-order valence-electron chi connectivity index (χ3n) is 3.21. The number of hydrogen-bond acceptors (Lipinski definition) is 2. The lowest BCUT2D eigenvalue weighted by Crippen LogP contribution is -2.40. The number of rotatable bonds is 2. The minimum atomic E-state index is 0.237. The first kappa shape index (κ1) is 13.6. The van der Waals surface area contributed by atoms with Gasteiger partial charge in [-0.05, 0) is 37.1 Å². The molecule has 98 valence electrons. The van der Waals surface area contributed by atoms with Crippen LogP contribution >= 0.6 is 15.9 Å². The van der Waals surface area contributed by atoms with Crippen molar-refractivity contribution in [2.75, 3.05) is 26.2 Å². The molecule has 0 bridgehead atoms. The van der Waals surface area contributed by atoms with Crippen molar-refractivity contribution in [3.05, 3.63) is 34.3 Å². The zero-order chi connectivity index (χ0) is 12.8. The number of halogens is 1. The summed E-state index contributed by atoms with van der Waals surface area (Å²) >= 11 is 3.40. The van der Waals surface area contributed by atoms with E-state index in [1.54, 1.807) is 0 Å². The minimum absolute atomic E-state index is 0.237.